The van der Waals surface area contributed by atoms with Gasteiger partial charge in [0.25, 0.3) is 0 Å². The van der Waals surface area contributed by atoms with E-state index in [1.807, 2.05) is 86.2 Å². The van der Waals surface area contributed by atoms with Gasteiger partial charge >= 0.3 is 18.2 Å². The fourth-order valence-electron chi connectivity index (χ4n) is 7.31. The minimum atomic E-state index is -1.36. The first kappa shape index (κ1) is 44.1. The fourth-order valence-corrected chi connectivity index (χ4v) is 7.31. The van der Waals surface area contributed by atoms with Crippen LogP contribution in [0.1, 0.15) is 79.3 Å². The third kappa shape index (κ3) is 11.2. The van der Waals surface area contributed by atoms with Gasteiger partial charge in [0.2, 0.25) is 5.43 Å². The molecule has 2 aromatic heterocycles. The molecule has 1 fully saturated rings. The number of carboxylic acids is 1. The number of carboxylic acid groups (broad SMARTS) is 1. The summed E-state index contributed by atoms with van der Waals surface area (Å²) in [4.78, 5) is 53.5. The van der Waals surface area contributed by atoms with Crippen molar-refractivity contribution in [2.75, 3.05) is 49.5 Å². The zero-order valence-corrected chi connectivity index (χ0v) is 34.8. The maximum Gasteiger partial charge on any atom is 0.410 e. The van der Waals surface area contributed by atoms with E-state index in [-0.39, 0.29) is 36.2 Å². The summed E-state index contributed by atoms with van der Waals surface area (Å²) in [7, 11) is 0. The Hall–Kier alpha value is -6.49. The van der Waals surface area contributed by atoms with Gasteiger partial charge in [-0.2, -0.15) is 0 Å². The van der Waals surface area contributed by atoms with Gasteiger partial charge in [-0.15, -0.1) is 5.10 Å². The number of nitrogens with one attached hydrogen (secondary N) is 2. The number of hydrogen-bond acceptors (Lipinski definition) is 11. The van der Waals surface area contributed by atoms with Crippen LogP contribution in [0.15, 0.2) is 83.9 Å². The standard InChI is InChI=1S/C44H54FN9O7/c1-4-51-25-35(42(56)57)41(55)34-22-36(45)39(23-38(34)51)52-18-20-53(21-19-52)44(59)61-28-31-13-15-32(16-14-31)47-24-33(12-8-9-17-46)54-26-37(49-50-54)40(29(2)3)48-43(58)60-27-30-10-6-5-7-11-30/h5-7,10-11,13-16,22-23,25-26,29,33,40,47H,4,8-9,12,17-21,24,27-28,46H2,1-3H3,(H,48,58)(H,56,57)/t33-,40-/m0/s1. The second-order valence-electron chi connectivity index (χ2n) is 15.4. The van der Waals surface area contributed by atoms with Crippen LogP contribution in [-0.4, -0.2) is 87.0 Å². The number of aromatic carboxylic acids is 1. The highest BCUT2D eigenvalue weighted by Crippen LogP contribution is 2.27. The van der Waals surface area contributed by atoms with Gasteiger partial charge in [0.05, 0.1) is 29.5 Å². The number of aromatic nitrogens is 4. The number of carbonyl (C=O) groups excluding carboxylic acids is 2. The number of halogens is 1. The van der Waals surface area contributed by atoms with Crippen molar-refractivity contribution in [1.29, 1.82) is 0 Å². The van der Waals surface area contributed by atoms with Crippen molar-refractivity contribution in [3.63, 3.8) is 0 Å². The zero-order valence-electron chi connectivity index (χ0n) is 34.8. The Morgan fingerprint density at radius 1 is 0.934 bits per heavy atom. The molecule has 0 spiro atoms. The number of fused-ring (bicyclic) bond motifs is 1. The number of pyridine rings is 1. The molecule has 5 aromatic rings. The van der Waals surface area contributed by atoms with Crippen molar-refractivity contribution in [1.82, 2.24) is 29.8 Å². The second kappa shape index (κ2) is 20.7. The number of alkyl carbamates (subject to hydrolysis) is 1. The smallest absolute Gasteiger partial charge is 0.410 e. The molecule has 1 aliphatic heterocycles. The van der Waals surface area contributed by atoms with E-state index in [9.17, 15) is 24.3 Å². The molecule has 0 radical (unpaired) electrons. The lowest BCUT2D eigenvalue weighted by Gasteiger charge is -2.35. The van der Waals surface area contributed by atoms with Crippen LogP contribution in [0, 0.1) is 11.7 Å². The molecule has 1 aliphatic rings. The summed E-state index contributed by atoms with van der Waals surface area (Å²) in [5.74, 6) is -1.97. The molecule has 1 saturated heterocycles. The van der Waals surface area contributed by atoms with Crippen LogP contribution in [0.2, 0.25) is 0 Å². The molecular weight excluding hydrogens is 786 g/mol. The number of amides is 2. The number of carbonyl (C=O) groups is 3. The van der Waals surface area contributed by atoms with E-state index in [2.05, 4.69) is 20.9 Å². The van der Waals surface area contributed by atoms with Crippen molar-refractivity contribution in [2.45, 2.75) is 71.9 Å². The molecule has 3 heterocycles. The number of piperazine rings is 1. The summed E-state index contributed by atoms with van der Waals surface area (Å²) < 4.78 is 29.9. The first-order valence-electron chi connectivity index (χ1n) is 20.6. The van der Waals surface area contributed by atoms with Crippen LogP contribution in [0.4, 0.5) is 25.4 Å². The number of rotatable bonds is 18. The molecule has 324 valence electrons. The minimum Gasteiger partial charge on any atom is -0.477 e. The number of nitrogens with zero attached hydrogens (tertiary/aromatic N) is 6. The largest absolute Gasteiger partial charge is 0.477 e. The van der Waals surface area contributed by atoms with Crippen molar-refractivity contribution in [3.05, 3.63) is 118 Å². The number of ether oxygens (including phenoxy) is 2. The Balaban J connectivity index is 0.998. The van der Waals surface area contributed by atoms with E-state index in [0.29, 0.717) is 57.0 Å². The molecule has 2 amide bonds. The molecule has 5 N–H and O–H groups in total. The molecule has 2 atom stereocenters. The first-order valence-corrected chi connectivity index (χ1v) is 20.6. The summed E-state index contributed by atoms with van der Waals surface area (Å²) in [5, 5.41) is 24.8. The monoisotopic (exact) mass is 839 g/mol. The highest BCUT2D eigenvalue weighted by Gasteiger charge is 2.27. The number of anilines is 2. The molecule has 0 saturated carbocycles. The van der Waals surface area contributed by atoms with E-state index in [1.165, 1.54) is 6.20 Å². The number of aryl methyl sites for hydroxylation is 1. The molecule has 17 heteroatoms. The molecular formula is C44H54FN9O7. The van der Waals surface area contributed by atoms with Crippen LogP contribution in [-0.2, 0) is 29.2 Å². The first-order chi connectivity index (χ1) is 29.4. The van der Waals surface area contributed by atoms with Gasteiger partial charge in [0.15, 0.2) is 0 Å². The minimum absolute atomic E-state index is 0.00308. The highest BCUT2D eigenvalue weighted by molar-refractivity contribution is 5.93. The summed E-state index contributed by atoms with van der Waals surface area (Å²) in [5.41, 5.74) is 8.58. The molecule has 0 unspecified atom stereocenters. The third-order valence-corrected chi connectivity index (χ3v) is 10.8. The Morgan fingerprint density at radius 3 is 2.31 bits per heavy atom. The van der Waals surface area contributed by atoms with Gasteiger partial charge in [-0.25, -0.2) is 23.5 Å². The van der Waals surface area contributed by atoms with Gasteiger partial charge < -0.3 is 45.3 Å². The van der Waals surface area contributed by atoms with Crippen molar-refractivity contribution >= 4 is 40.4 Å². The number of unbranched alkanes of at least 4 members (excludes halogenated alkanes) is 1. The summed E-state index contributed by atoms with van der Waals surface area (Å²) >= 11 is 0. The summed E-state index contributed by atoms with van der Waals surface area (Å²) in [6, 6.07) is 19.3. The van der Waals surface area contributed by atoms with E-state index >= 15 is 4.39 Å². The number of benzene rings is 3. The maximum atomic E-state index is 15.3. The van der Waals surface area contributed by atoms with Crippen LogP contribution < -0.4 is 26.7 Å². The normalized spacial score (nSPS) is 13.9. The molecule has 0 aliphatic carbocycles. The number of hydrogen-bond donors (Lipinski definition) is 4. The van der Waals surface area contributed by atoms with E-state index < -0.39 is 41.0 Å². The predicted octanol–water partition coefficient (Wildman–Crippen LogP) is 6.31. The Labute approximate surface area is 353 Å². The Kier molecular flexibility index (Phi) is 14.9. The predicted molar refractivity (Wildman–Crippen MR) is 229 cm³/mol. The summed E-state index contributed by atoms with van der Waals surface area (Å²) in [6.45, 7) is 8.85. The van der Waals surface area contributed by atoms with Crippen molar-refractivity contribution in [3.8, 4) is 0 Å². The lowest BCUT2D eigenvalue weighted by Crippen LogP contribution is -2.49. The average Bonchev–Trinajstić information content (AvgIpc) is 3.75. The van der Waals surface area contributed by atoms with Gasteiger partial charge in [0, 0.05) is 56.5 Å². The molecule has 16 nitrogen and oxygen atoms in total. The maximum absolute atomic E-state index is 15.3. The molecule has 3 aromatic carbocycles. The van der Waals surface area contributed by atoms with Gasteiger partial charge in [0.1, 0.15) is 30.3 Å². The van der Waals surface area contributed by atoms with E-state index in [1.54, 1.807) is 20.4 Å². The number of nitrogens with two attached hydrogens (primary N) is 1. The van der Waals surface area contributed by atoms with Gasteiger partial charge in [-0.1, -0.05) is 61.5 Å². The quantitative estimate of drug-likeness (QED) is 0.0718. The lowest BCUT2D eigenvalue weighted by atomic mass is 10.0. The SMILES string of the molecule is CCn1cc(C(=O)O)c(=O)c2cc(F)c(N3CCN(C(=O)OCc4ccc(NC[C@H](CCCCN)n5cc([C@@H](NC(=O)OCc6ccccc6)C(C)C)nn5)cc4)CC3)cc21. The lowest BCUT2D eigenvalue weighted by molar-refractivity contribution is 0.0694. The van der Waals surface area contributed by atoms with Crippen LogP contribution >= 0.6 is 0 Å². The summed E-state index contributed by atoms with van der Waals surface area (Å²) in [6.07, 6.45) is 4.72. The van der Waals surface area contributed by atoms with Crippen LogP contribution in [0.5, 0.6) is 0 Å². The average molecular weight is 840 g/mol. The van der Waals surface area contributed by atoms with Crippen LogP contribution in [0.3, 0.4) is 0 Å². The molecule has 61 heavy (non-hydrogen) atoms. The van der Waals surface area contributed by atoms with E-state index in [4.69, 9.17) is 15.2 Å². The van der Waals surface area contributed by atoms with Gasteiger partial charge in [-0.05, 0) is 74.0 Å². The Morgan fingerprint density at radius 2 is 1.64 bits per heavy atom. The zero-order chi connectivity index (χ0) is 43.5. The second-order valence-corrected chi connectivity index (χ2v) is 15.4. The van der Waals surface area contributed by atoms with Crippen LogP contribution in [0.25, 0.3) is 10.9 Å². The molecule has 0 bridgehead atoms. The molecule has 6 rings (SSSR count). The van der Waals surface area contributed by atoms with Crippen molar-refractivity contribution in [2.24, 2.45) is 11.7 Å². The Bertz CT molecular complexity index is 2330. The fraction of sp³-hybridized carbons (Fsp3) is 0.409. The topological polar surface area (TPSA) is 199 Å². The van der Waals surface area contributed by atoms with Gasteiger partial charge in [-0.3, -0.25) is 4.79 Å². The third-order valence-electron chi connectivity index (χ3n) is 10.8. The highest BCUT2D eigenvalue weighted by atomic mass is 19.1. The van der Waals surface area contributed by atoms with E-state index in [0.717, 1.165) is 42.1 Å². The van der Waals surface area contributed by atoms with Crippen molar-refractivity contribution < 1.29 is 33.4 Å².